The third kappa shape index (κ3) is 1.39. The molecule has 3 aromatic rings. The maximum Gasteiger partial charge on any atom is 0.221 e. The van der Waals surface area contributed by atoms with Gasteiger partial charge >= 0.3 is 0 Å². The molecule has 1 aromatic heterocycles. The van der Waals surface area contributed by atoms with E-state index in [1.807, 2.05) is 0 Å². The lowest BCUT2D eigenvalue weighted by Crippen LogP contribution is -2.37. The summed E-state index contributed by atoms with van der Waals surface area (Å²) in [5.41, 5.74) is 5.66. The lowest BCUT2D eigenvalue weighted by Gasteiger charge is -2.17. The minimum Gasteiger partial charge on any atom is -0.193 e. The Morgan fingerprint density at radius 3 is 2.58 bits per heavy atom. The molecule has 1 aliphatic heterocycles. The minimum absolute atomic E-state index is 0.982. The van der Waals surface area contributed by atoms with Crippen molar-refractivity contribution in [2.45, 2.75) is 20.4 Å². The molecular formula is C18H16N+. The Kier molecular flexibility index (Phi) is 2.08. The second-order valence-electron chi connectivity index (χ2n) is 5.52. The molecule has 2 heterocycles. The van der Waals surface area contributed by atoms with Crippen LogP contribution in [0.15, 0.2) is 54.2 Å². The zero-order valence-corrected chi connectivity index (χ0v) is 11.3. The van der Waals surface area contributed by atoms with Crippen molar-refractivity contribution in [3.63, 3.8) is 0 Å². The molecule has 0 spiro atoms. The number of rotatable bonds is 0. The molecule has 0 saturated carbocycles. The van der Waals surface area contributed by atoms with E-state index in [4.69, 9.17) is 0 Å². The van der Waals surface area contributed by atoms with E-state index in [-0.39, 0.29) is 0 Å². The Morgan fingerprint density at radius 2 is 1.74 bits per heavy atom. The van der Waals surface area contributed by atoms with Crippen LogP contribution in [-0.2, 0) is 6.54 Å². The van der Waals surface area contributed by atoms with Crippen LogP contribution in [0.4, 0.5) is 0 Å². The van der Waals surface area contributed by atoms with Crippen LogP contribution in [0.2, 0.25) is 0 Å². The molecule has 0 amide bonds. The standard InChI is InChI=1S/C18H16N/c1-12(2)16-11-19-10-4-6-14-9-8-13-5-3-7-15(16)17(13)18(14)19/h3-10H,11H2,1-2H3/q+1. The predicted molar refractivity (Wildman–Crippen MR) is 79.9 cm³/mol. The fourth-order valence-electron chi connectivity index (χ4n) is 3.21. The summed E-state index contributed by atoms with van der Waals surface area (Å²) < 4.78 is 2.38. The SMILES string of the molecule is CC(C)=C1C[n+]2cccc3ccc4cccc1c4c32. The Labute approximate surface area is 112 Å². The van der Waals surface area contributed by atoms with E-state index in [1.165, 1.54) is 38.4 Å². The topological polar surface area (TPSA) is 3.88 Å². The molecule has 0 fully saturated rings. The molecule has 92 valence electrons. The number of benzene rings is 2. The van der Waals surface area contributed by atoms with Crippen molar-refractivity contribution in [2.75, 3.05) is 0 Å². The number of hydrogen-bond acceptors (Lipinski definition) is 0. The van der Waals surface area contributed by atoms with Gasteiger partial charge in [0.15, 0.2) is 12.7 Å². The van der Waals surface area contributed by atoms with Crippen LogP contribution < -0.4 is 4.57 Å². The summed E-state index contributed by atoms with van der Waals surface area (Å²) in [5.74, 6) is 0. The number of allylic oxidation sites excluding steroid dienone is 2. The third-order valence-corrected chi connectivity index (χ3v) is 4.14. The summed E-state index contributed by atoms with van der Waals surface area (Å²) in [4.78, 5) is 0. The van der Waals surface area contributed by atoms with E-state index in [0.29, 0.717) is 0 Å². The van der Waals surface area contributed by atoms with Gasteiger partial charge in [-0.25, -0.2) is 0 Å². The Bertz CT molecular complexity index is 852. The van der Waals surface area contributed by atoms with Gasteiger partial charge in [-0.1, -0.05) is 29.8 Å². The van der Waals surface area contributed by atoms with Crippen LogP contribution in [0.5, 0.6) is 0 Å². The average molecular weight is 246 g/mol. The van der Waals surface area contributed by atoms with Crippen molar-refractivity contribution in [1.82, 2.24) is 0 Å². The first-order valence-corrected chi connectivity index (χ1v) is 6.76. The highest BCUT2D eigenvalue weighted by atomic mass is 15.0. The highest BCUT2D eigenvalue weighted by molar-refractivity contribution is 6.09. The van der Waals surface area contributed by atoms with Gasteiger partial charge in [0, 0.05) is 17.0 Å². The van der Waals surface area contributed by atoms with E-state index in [9.17, 15) is 0 Å². The minimum atomic E-state index is 0.982. The van der Waals surface area contributed by atoms with Crippen molar-refractivity contribution < 1.29 is 4.57 Å². The van der Waals surface area contributed by atoms with Gasteiger partial charge in [-0.3, -0.25) is 0 Å². The van der Waals surface area contributed by atoms with Crippen LogP contribution in [0, 0.1) is 0 Å². The van der Waals surface area contributed by atoms with E-state index < -0.39 is 0 Å². The molecule has 4 rings (SSSR count). The Balaban J connectivity index is 2.34. The first-order valence-electron chi connectivity index (χ1n) is 6.76. The molecule has 1 heteroatoms. The summed E-state index contributed by atoms with van der Waals surface area (Å²) in [6.45, 7) is 5.40. The van der Waals surface area contributed by atoms with Crippen LogP contribution in [-0.4, -0.2) is 0 Å². The van der Waals surface area contributed by atoms with Gasteiger partial charge < -0.3 is 0 Å². The van der Waals surface area contributed by atoms with Crippen molar-refractivity contribution in [2.24, 2.45) is 0 Å². The molecule has 0 atom stereocenters. The molecule has 0 N–H and O–H groups in total. The fraction of sp³-hybridized carbons (Fsp3) is 0.167. The molecule has 0 unspecified atom stereocenters. The number of aromatic nitrogens is 1. The predicted octanol–water partition coefficient (Wildman–Crippen LogP) is 4.09. The van der Waals surface area contributed by atoms with Gasteiger partial charge in [0.2, 0.25) is 5.52 Å². The quantitative estimate of drug-likeness (QED) is 0.415. The lowest BCUT2D eigenvalue weighted by atomic mass is 9.91. The second kappa shape index (κ2) is 3.67. The Morgan fingerprint density at radius 1 is 0.947 bits per heavy atom. The van der Waals surface area contributed by atoms with Crippen LogP contribution in [0.1, 0.15) is 19.4 Å². The zero-order chi connectivity index (χ0) is 13.0. The summed E-state index contributed by atoms with van der Waals surface area (Å²) in [5, 5.41) is 4.07. The monoisotopic (exact) mass is 246 g/mol. The summed E-state index contributed by atoms with van der Waals surface area (Å²) in [6.07, 6.45) is 2.20. The summed E-state index contributed by atoms with van der Waals surface area (Å²) in [7, 11) is 0. The van der Waals surface area contributed by atoms with Crippen LogP contribution in [0.3, 0.4) is 0 Å². The number of pyridine rings is 1. The van der Waals surface area contributed by atoms with Gasteiger partial charge in [-0.15, -0.1) is 0 Å². The maximum atomic E-state index is 2.38. The molecule has 0 bridgehead atoms. The lowest BCUT2D eigenvalue weighted by molar-refractivity contribution is -0.658. The highest BCUT2D eigenvalue weighted by Crippen LogP contribution is 2.34. The highest BCUT2D eigenvalue weighted by Gasteiger charge is 2.24. The van der Waals surface area contributed by atoms with Crippen LogP contribution in [0.25, 0.3) is 27.2 Å². The molecule has 0 radical (unpaired) electrons. The van der Waals surface area contributed by atoms with E-state index in [1.54, 1.807) is 0 Å². The first kappa shape index (κ1) is 10.7. The van der Waals surface area contributed by atoms with E-state index in [2.05, 4.69) is 67.1 Å². The number of nitrogens with zero attached hydrogens (tertiary/aromatic N) is 1. The smallest absolute Gasteiger partial charge is 0.193 e. The maximum absolute atomic E-state index is 2.38. The third-order valence-electron chi connectivity index (χ3n) is 4.14. The largest absolute Gasteiger partial charge is 0.221 e. The Hall–Kier alpha value is -2.15. The van der Waals surface area contributed by atoms with Crippen molar-refractivity contribution in [3.05, 3.63) is 59.8 Å². The second-order valence-corrected chi connectivity index (χ2v) is 5.52. The van der Waals surface area contributed by atoms with Gasteiger partial charge in [-0.2, -0.15) is 4.57 Å². The molecule has 0 aliphatic carbocycles. The van der Waals surface area contributed by atoms with Crippen LogP contribution >= 0.6 is 0 Å². The van der Waals surface area contributed by atoms with Crippen molar-refractivity contribution >= 4 is 27.2 Å². The van der Waals surface area contributed by atoms with E-state index in [0.717, 1.165) is 6.54 Å². The first-order chi connectivity index (χ1) is 9.25. The molecule has 19 heavy (non-hydrogen) atoms. The van der Waals surface area contributed by atoms with Crippen molar-refractivity contribution in [1.29, 1.82) is 0 Å². The number of hydrogen-bond donors (Lipinski definition) is 0. The van der Waals surface area contributed by atoms with Gasteiger partial charge in [0.1, 0.15) is 0 Å². The molecule has 1 aliphatic rings. The molecule has 1 nitrogen and oxygen atoms in total. The normalized spacial score (nSPS) is 13.5. The zero-order valence-electron chi connectivity index (χ0n) is 11.3. The molecular weight excluding hydrogens is 230 g/mol. The molecule has 0 saturated heterocycles. The van der Waals surface area contributed by atoms with Crippen molar-refractivity contribution in [3.8, 4) is 0 Å². The van der Waals surface area contributed by atoms with Gasteiger partial charge in [0.25, 0.3) is 0 Å². The average Bonchev–Trinajstić information content (AvgIpc) is 2.44. The van der Waals surface area contributed by atoms with E-state index >= 15 is 0 Å². The summed E-state index contributed by atoms with van der Waals surface area (Å²) in [6, 6.07) is 15.5. The van der Waals surface area contributed by atoms with Gasteiger partial charge in [-0.05, 0) is 36.9 Å². The fourth-order valence-corrected chi connectivity index (χ4v) is 3.21. The summed E-state index contributed by atoms with van der Waals surface area (Å²) >= 11 is 0. The molecule has 2 aromatic carbocycles. The van der Waals surface area contributed by atoms with Gasteiger partial charge in [0.05, 0.1) is 5.39 Å².